The van der Waals surface area contributed by atoms with Crippen molar-refractivity contribution in [2.24, 2.45) is 0 Å². The fraction of sp³-hybridized carbons (Fsp3) is 0.364. The Morgan fingerprint density at radius 3 is 2.38 bits per heavy atom. The molecule has 1 rings (SSSR count). The highest BCUT2D eigenvalue weighted by Gasteiger charge is 2.30. The topological polar surface area (TPSA) is 26.3 Å². The molecule has 1 aromatic rings. The summed E-state index contributed by atoms with van der Waals surface area (Å²) in [4.78, 5) is 11.3. The van der Waals surface area contributed by atoms with Crippen molar-refractivity contribution in [2.75, 3.05) is 6.61 Å². The lowest BCUT2D eigenvalue weighted by Crippen LogP contribution is -2.23. The lowest BCUT2D eigenvalue weighted by atomic mass is 10.0. The van der Waals surface area contributed by atoms with Crippen molar-refractivity contribution in [1.29, 1.82) is 0 Å². The molecule has 0 bridgehead atoms. The maximum atomic E-state index is 11.8. The monoisotopic (exact) mass is 232 g/mol. The molecule has 0 aliphatic heterocycles. The van der Waals surface area contributed by atoms with Gasteiger partial charge in [0.25, 0.3) is 0 Å². The van der Waals surface area contributed by atoms with Crippen LogP contribution in [0.1, 0.15) is 18.4 Å². The number of esters is 1. The van der Waals surface area contributed by atoms with Crippen LogP contribution in [0.4, 0.5) is 13.2 Å². The summed E-state index contributed by atoms with van der Waals surface area (Å²) in [5, 5.41) is 0. The van der Waals surface area contributed by atoms with Crippen molar-refractivity contribution in [3.8, 4) is 0 Å². The highest BCUT2D eigenvalue weighted by atomic mass is 19.4. The molecule has 1 aromatic carbocycles. The molecule has 0 radical (unpaired) electrons. The van der Waals surface area contributed by atoms with Crippen LogP contribution < -0.4 is 0 Å². The van der Waals surface area contributed by atoms with Gasteiger partial charge in [0.2, 0.25) is 0 Å². The van der Waals surface area contributed by atoms with E-state index in [1.165, 1.54) is 6.92 Å². The van der Waals surface area contributed by atoms with Crippen LogP contribution in [0, 0.1) is 0 Å². The maximum absolute atomic E-state index is 11.8. The van der Waals surface area contributed by atoms with Gasteiger partial charge in [0.15, 0.2) is 6.61 Å². The van der Waals surface area contributed by atoms with E-state index >= 15 is 0 Å². The molecule has 0 N–H and O–H groups in total. The van der Waals surface area contributed by atoms with Crippen LogP contribution in [0.5, 0.6) is 0 Å². The zero-order valence-electron chi connectivity index (χ0n) is 8.62. The molecule has 0 heterocycles. The summed E-state index contributed by atoms with van der Waals surface area (Å²) in [7, 11) is 0. The van der Waals surface area contributed by atoms with Crippen molar-refractivity contribution >= 4 is 5.97 Å². The van der Waals surface area contributed by atoms with E-state index in [9.17, 15) is 18.0 Å². The van der Waals surface area contributed by atoms with Crippen molar-refractivity contribution in [3.05, 3.63) is 35.9 Å². The van der Waals surface area contributed by atoms with Gasteiger partial charge in [0, 0.05) is 0 Å². The minimum absolute atomic E-state index is 0.634. The van der Waals surface area contributed by atoms with Gasteiger partial charge in [-0.1, -0.05) is 30.3 Å². The average Bonchev–Trinajstić information content (AvgIpc) is 2.25. The Labute approximate surface area is 91.0 Å². The van der Waals surface area contributed by atoms with Gasteiger partial charge >= 0.3 is 12.1 Å². The Bertz CT molecular complexity index is 346. The van der Waals surface area contributed by atoms with Gasteiger partial charge in [-0.3, -0.25) is 4.79 Å². The molecule has 0 saturated heterocycles. The highest BCUT2D eigenvalue weighted by Crippen LogP contribution is 2.19. The fourth-order valence-electron chi connectivity index (χ4n) is 1.16. The van der Waals surface area contributed by atoms with E-state index in [0.717, 1.165) is 0 Å². The van der Waals surface area contributed by atoms with Crippen molar-refractivity contribution in [1.82, 2.24) is 0 Å². The maximum Gasteiger partial charge on any atom is 0.422 e. The van der Waals surface area contributed by atoms with Crippen LogP contribution >= 0.6 is 0 Å². The molecule has 0 spiro atoms. The van der Waals surface area contributed by atoms with E-state index < -0.39 is 24.7 Å². The minimum atomic E-state index is -4.48. The number of hydrogen-bond donors (Lipinski definition) is 0. The zero-order valence-corrected chi connectivity index (χ0v) is 8.62. The summed E-state index contributed by atoms with van der Waals surface area (Å²) in [5.74, 6) is -1.56. The van der Waals surface area contributed by atoms with E-state index in [1.54, 1.807) is 30.3 Å². The van der Waals surface area contributed by atoms with E-state index in [-0.39, 0.29) is 0 Å². The number of carbonyl (C=O) groups excluding carboxylic acids is 1. The molecule has 16 heavy (non-hydrogen) atoms. The Balaban J connectivity index is 2.55. The summed E-state index contributed by atoms with van der Waals surface area (Å²) in [5.41, 5.74) is 0.634. The molecule has 1 atom stereocenters. The first-order valence-electron chi connectivity index (χ1n) is 4.68. The summed E-state index contributed by atoms with van der Waals surface area (Å²) in [6, 6.07) is 8.52. The second-order valence-electron chi connectivity index (χ2n) is 3.36. The molecule has 0 fully saturated rings. The van der Waals surface area contributed by atoms with Gasteiger partial charge < -0.3 is 4.74 Å². The quantitative estimate of drug-likeness (QED) is 0.749. The first-order chi connectivity index (χ1) is 7.40. The molecule has 5 heteroatoms. The van der Waals surface area contributed by atoms with Crippen molar-refractivity contribution in [3.63, 3.8) is 0 Å². The van der Waals surface area contributed by atoms with Crippen LogP contribution in [0.2, 0.25) is 0 Å². The van der Waals surface area contributed by atoms with Crippen LogP contribution in [-0.2, 0) is 9.53 Å². The highest BCUT2D eigenvalue weighted by molar-refractivity contribution is 5.77. The average molecular weight is 232 g/mol. The third-order valence-electron chi connectivity index (χ3n) is 2.03. The van der Waals surface area contributed by atoms with Crippen molar-refractivity contribution in [2.45, 2.75) is 19.0 Å². The van der Waals surface area contributed by atoms with Crippen LogP contribution in [0.3, 0.4) is 0 Å². The number of alkyl halides is 3. The Hall–Kier alpha value is -1.52. The summed E-state index contributed by atoms with van der Waals surface area (Å²) < 4.78 is 39.6. The van der Waals surface area contributed by atoms with E-state index in [1.807, 2.05) is 0 Å². The predicted molar refractivity (Wildman–Crippen MR) is 51.9 cm³/mol. The van der Waals surface area contributed by atoms with Gasteiger partial charge in [-0.15, -0.1) is 0 Å². The van der Waals surface area contributed by atoms with E-state index in [0.29, 0.717) is 5.56 Å². The largest absolute Gasteiger partial charge is 0.456 e. The molecular weight excluding hydrogens is 221 g/mol. The molecule has 0 unspecified atom stereocenters. The predicted octanol–water partition coefficient (Wildman–Crippen LogP) is 2.90. The van der Waals surface area contributed by atoms with E-state index in [4.69, 9.17) is 0 Å². The second kappa shape index (κ2) is 5.01. The van der Waals surface area contributed by atoms with Gasteiger partial charge in [0.1, 0.15) is 0 Å². The normalized spacial score (nSPS) is 13.2. The molecule has 0 aromatic heterocycles. The van der Waals surface area contributed by atoms with Gasteiger partial charge in [-0.05, 0) is 12.5 Å². The first kappa shape index (κ1) is 12.5. The molecule has 2 nitrogen and oxygen atoms in total. The number of carbonyl (C=O) groups is 1. The van der Waals surface area contributed by atoms with Gasteiger partial charge in [0.05, 0.1) is 5.92 Å². The lowest BCUT2D eigenvalue weighted by molar-refractivity contribution is -0.187. The smallest absolute Gasteiger partial charge is 0.422 e. The standard InChI is InChI=1S/C11H11F3O2/c1-8(9-5-3-2-4-6-9)10(15)16-7-11(12,13)14/h2-6,8H,7H2,1H3/t8-/m1/s1. The number of ether oxygens (including phenoxy) is 1. The third-order valence-corrected chi connectivity index (χ3v) is 2.03. The summed E-state index contributed by atoms with van der Waals surface area (Å²) in [6.45, 7) is -0.0307. The molecular formula is C11H11F3O2. The molecule has 0 aliphatic carbocycles. The zero-order chi connectivity index (χ0) is 12.2. The Morgan fingerprint density at radius 1 is 1.31 bits per heavy atom. The minimum Gasteiger partial charge on any atom is -0.456 e. The SMILES string of the molecule is C[C@@H](C(=O)OCC(F)(F)F)c1ccccc1. The van der Waals surface area contributed by atoms with Crippen molar-refractivity contribution < 1.29 is 22.7 Å². The van der Waals surface area contributed by atoms with Crippen LogP contribution in [0.15, 0.2) is 30.3 Å². The van der Waals surface area contributed by atoms with E-state index in [2.05, 4.69) is 4.74 Å². The fourth-order valence-corrected chi connectivity index (χ4v) is 1.16. The number of halogens is 3. The third kappa shape index (κ3) is 3.92. The Morgan fingerprint density at radius 2 is 1.88 bits per heavy atom. The molecule has 0 saturated carbocycles. The van der Waals surface area contributed by atoms with Crippen LogP contribution in [0.25, 0.3) is 0 Å². The van der Waals surface area contributed by atoms with Gasteiger partial charge in [-0.2, -0.15) is 13.2 Å². The number of benzene rings is 1. The molecule has 88 valence electrons. The molecule has 0 amide bonds. The van der Waals surface area contributed by atoms with Crippen LogP contribution in [-0.4, -0.2) is 18.8 Å². The Kier molecular flexibility index (Phi) is 3.93. The number of hydrogen-bond acceptors (Lipinski definition) is 2. The first-order valence-corrected chi connectivity index (χ1v) is 4.68. The number of rotatable bonds is 3. The molecule has 0 aliphatic rings. The lowest BCUT2D eigenvalue weighted by Gasteiger charge is -2.12. The summed E-state index contributed by atoms with van der Waals surface area (Å²) >= 11 is 0. The second-order valence-corrected chi connectivity index (χ2v) is 3.36. The van der Waals surface area contributed by atoms with Gasteiger partial charge in [-0.25, -0.2) is 0 Å². The summed E-state index contributed by atoms with van der Waals surface area (Å²) in [6.07, 6.45) is -4.48.